The standard InChI is InChI=1S/C14H10Cl2O3/c1-5-11-9(3-7(17)13(5)15)19-10-4-8(18)14(16)6(2)12(10)11/h3-4,17-18H,1-2H3. The first-order chi connectivity index (χ1) is 8.91. The quantitative estimate of drug-likeness (QED) is 0.619. The van der Waals surface area contributed by atoms with Gasteiger partial charge in [-0.1, -0.05) is 23.2 Å². The van der Waals surface area contributed by atoms with Crippen molar-refractivity contribution in [3.05, 3.63) is 33.3 Å². The molecule has 0 fully saturated rings. The van der Waals surface area contributed by atoms with Crippen LogP contribution in [0.2, 0.25) is 10.0 Å². The molecule has 5 heteroatoms. The van der Waals surface area contributed by atoms with E-state index in [9.17, 15) is 10.2 Å². The number of fused-ring (bicyclic) bond motifs is 3. The SMILES string of the molecule is Cc1c(Cl)c(O)cc2oc3cc(O)c(Cl)c(C)c3c12. The fraction of sp³-hybridized carbons (Fsp3) is 0.143. The zero-order valence-electron chi connectivity index (χ0n) is 10.2. The van der Waals surface area contributed by atoms with Gasteiger partial charge >= 0.3 is 0 Å². The molecule has 0 aliphatic carbocycles. The molecular weight excluding hydrogens is 287 g/mol. The highest BCUT2D eigenvalue weighted by Crippen LogP contribution is 2.43. The van der Waals surface area contributed by atoms with E-state index in [1.807, 2.05) is 0 Å². The maximum absolute atomic E-state index is 9.73. The third-order valence-corrected chi connectivity index (χ3v) is 4.31. The molecule has 3 rings (SSSR count). The van der Waals surface area contributed by atoms with Gasteiger partial charge in [-0.25, -0.2) is 0 Å². The lowest BCUT2D eigenvalue weighted by Crippen LogP contribution is -1.82. The predicted octanol–water partition coefficient (Wildman–Crippen LogP) is 4.92. The number of aryl methyl sites for hydroxylation is 2. The van der Waals surface area contributed by atoms with Crippen LogP contribution in [0.3, 0.4) is 0 Å². The Morgan fingerprint density at radius 2 is 1.21 bits per heavy atom. The van der Waals surface area contributed by atoms with E-state index < -0.39 is 0 Å². The molecule has 0 saturated carbocycles. The van der Waals surface area contributed by atoms with E-state index >= 15 is 0 Å². The minimum Gasteiger partial charge on any atom is -0.506 e. The fourth-order valence-electron chi connectivity index (χ4n) is 2.39. The number of hydrogen-bond acceptors (Lipinski definition) is 3. The van der Waals surface area contributed by atoms with Gasteiger partial charge in [0.15, 0.2) is 0 Å². The summed E-state index contributed by atoms with van der Waals surface area (Å²) in [6.45, 7) is 3.61. The highest BCUT2D eigenvalue weighted by molar-refractivity contribution is 6.36. The molecule has 0 radical (unpaired) electrons. The summed E-state index contributed by atoms with van der Waals surface area (Å²) in [6, 6.07) is 2.93. The predicted molar refractivity (Wildman–Crippen MR) is 76.5 cm³/mol. The smallest absolute Gasteiger partial charge is 0.139 e. The van der Waals surface area contributed by atoms with Gasteiger partial charge in [0, 0.05) is 22.9 Å². The number of rotatable bonds is 0. The Hall–Kier alpha value is -1.58. The lowest BCUT2D eigenvalue weighted by Gasteiger charge is -2.05. The van der Waals surface area contributed by atoms with Crippen LogP contribution in [0.5, 0.6) is 11.5 Å². The van der Waals surface area contributed by atoms with Crippen molar-refractivity contribution in [1.82, 2.24) is 0 Å². The Morgan fingerprint density at radius 3 is 1.58 bits per heavy atom. The molecular formula is C14H10Cl2O3. The highest BCUT2D eigenvalue weighted by Gasteiger charge is 2.19. The Balaban J connectivity index is 2.64. The Morgan fingerprint density at radius 1 is 0.842 bits per heavy atom. The molecule has 0 amide bonds. The van der Waals surface area contributed by atoms with Crippen molar-refractivity contribution >= 4 is 45.1 Å². The van der Waals surface area contributed by atoms with Crippen LogP contribution >= 0.6 is 23.2 Å². The van der Waals surface area contributed by atoms with Gasteiger partial charge in [-0.05, 0) is 25.0 Å². The third-order valence-electron chi connectivity index (χ3n) is 3.36. The van der Waals surface area contributed by atoms with Gasteiger partial charge in [-0.15, -0.1) is 0 Å². The van der Waals surface area contributed by atoms with Crippen LogP contribution in [0.1, 0.15) is 11.1 Å². The number of halogens is 2. The molecule has 1 heterocycles. The van der Waals surface area contributed by atoms with Crippen LogP contribution in [0, 0.1) is 13.8 Å². The summed E-state index contributed by atoms with van der Waals surface area (Å²) < 4.78 is 5.65. The van der Waals surface area contributed by atoms with Crippen LogP contribution in [0.15, 0.2) is 16.5 Å². The lowest BCUT2D eigenvalue weighted by atomic mass is 10.0. The normalized spacial score (nSPS) is 11.6. The maximum atomic E-state index is 9.73. The number of phenols is 2. The Kier molecular flexibility index (Phi) is 2.59. The van der Waals surface area contributed by atoms with E-state index in [1.54, 1.807) is 13.8 Å². The summed E-state index contributed by atoms with van der Waals surface area (Å²) in [6.07, 6.45) is 0. The summed E-state index contributed by atoms with van der Waals surface area (Å²) in [5.41, 5.74) is 2.47. The van der Waals surface area contributed by atoms with Gasteiger partial charge in [0.05, 0.1) is 10.0 Å². The van der Waals surface area contributed by atoms with Crippen molar-refractivity contribution in [2.24, 2.45) is 0 Å². The molecule has 0 saturated heterocycles. The second-order valence-corrected chi connectivity index (χ2v) is 5.27. The first kappa shape index (κ1) is 12.5. The minimum absolute atomic E-state index is 0.0290. The number of hydrogen-bond donors (Lipinski definition) is 2. The molecule has 1 aromatic heterocycles. The van der Waals surface area contributed by atoms with Gasteiger partial charge < -0.3 is 14.6 Å². The molecule has 0 aliphatic rings. The summed E-state index contributed by atoms with van der Waals surface area (Å²) >= 11 is 12.1. The molecule has 2 N–H and O–H groups in total. The van der Waals surface area contributed by atoms with Crippen molar-refractivity contribution in [1.29, 1.82) is 0 Å². The van der Waals surface area contributed by atoms with Crippen molar-refractivity contribution in [2.45, 2.75) is 13.8 Å². The molecule has 0 bridgehead atoms. The van der Waals surface area contributed by atoms with E-state index in [4.69, 9.17) is 27.6 Å². The zero-order chi connectivity index (χ0) is 13.9. The van der Waals surface area contributed by atoms with E-state index in [2.05, 4.69) is 0 Å². The average Bonchev–Trinajstić information content (AvgIpc) is 2.71. The van der Waals surface area contributed by atoms with E-state index in [-0.39, 0.29) is 11.5 Å². The lowest BCUT2D eigenvalue weighted by molar-refractivity contribution is 0.474. The summed E-state index contributed by atoms with van der Waals surface area (Å²) in [4.78, 5) is 0. The van der Waals surface area contributed by atoms with E-state index in [0.717, 1.165) is 21.9 Å². The molecule has 0 aliphatic heterocycles. The van der Waals surface area contributed by atoms with Crippen LogP contribution in [0.4, 0.5) is 0 Å². The van der Waals surface area contributed by atoms with Crippen molar-refractivity contribution in [2.75, 3.05) is 0 Å². The Bertz CT molecular complexity index is 766. The van der Waals surface area contributed by atoms with E-state index in [0.29, 0.717) is 21.2 Å². The molecule has 19 heavy (non-hydrogen) atoms. The van der Waals surface area contributed by atoms with Crippen molar-refractivity contribution in [3.8, 4) is 11.5 Å². The summed E-state index contributed by atoms with van der Waals surface area (Å²) in [5.74, 6) is -0.0580. The molecule has 0 spiro atoms. The largest absolute Gasteiger partial charge is 0.506 e. The molecule has 3 aromatic rings. The van der Waals surface area contributed by atoms with E-state index in [1.165, 1.54) is 12.1 Å². The average molecular weight is 297 g/mol. The zero-order valence-corrected chi connectivity index (χ0v) is 11.7. The van der Waals surface area contributed by atoms with Crippen molar-refractivity contribution in [3.63, 3.8) is 0 Å². The minimum atomic E-state index is -0.0290. The molecule has 0 atom stereocenters. The molecule has 0 unspecified atom stereocenters. The van der Waals surface area contributed by atoms with Gasteiger partial charge in [-0.2, -0.15) is 0 Å². The molecule has 3 nitrogen and oxygen atoms in total. The van der Waals surface area contributed by atoms with Crippen molar-refractivity contribution < 1.29 is 14.6 Å². The number of furan rings is 1. The highest BCUT2D eigenvalue weighted by atomic mass is 35.5. The summed E-state index contributed by atoms with van der Waals surface area (Å²) in [7, 11) is 0. The van der Waals surface area contributed by atoms with Crippen LogP contribution in [-0.2, 0) is 0 Å². The van der Waals surface area contributed by atoms with Gasteiger partial charge in [0.2, 0.25) is 0 Å². The maximum Gasteiger partial charge on any atom is 0.139 e. The van der Waals surface area contributed by atoms with Gasteiger partial charge in [0.25, 0.3) is 0 Å². The molecule has 2 aromatic carbocycles. The monoisotopic (exact) mass is 296 g/mol. The second kappa shape index (κ2) is 3.95. The number of aromatic hydroxyl groups is 2. The first-order valence-corrected chi connectivity index (χ1v) is 6.39. The number of benzene rings is 2. The first-order valence-electron chi connectivity index (χ1n) is 5.64. The van der Waals surface area contributed by atoms with Gasteiger partial charge in [-0.3, -0.25) is 0 Å². The molecule has 98 valence electrons. The van der Waals surface area contributed by atoms with Crippen LogP contribution < -0.4 is 0 Å². The topological polar surface area (TPSA) is 53.6 Å². The fourth-order valence-corrected chi connectivity index (χ4v) is 2.69. The van der Waals surface area contributed by atoms with Gasteiger partial charge in [0.1, 0.15) is 22.7 Å². The third kappa shape index (κ3) is 1.58. The Labute approximate surface area is 119 Å². The number of phenolic OH excluding ortho intramolecular Hbond substituents is 2. The van der Waals surface area contributed by atoms with Crippen LogP contribution in [0.25, 0.3) is 21.9 Å². The second-order valence-electron chi connectivity index (χ2n) is 4.52. The van der Waals surface area contributed by atoms with Crippen LogP contribution in [-0.4, -0.2) is 10.2 Å². The summed E-state index contributed by atoms with van der Waals surface area (Å²) in [5, 5.41) is 21.7.